The van der Waals surface area contributed by atoms with Crippen molar-refractivity contribution in [3.05, 3.63) is 47.0 Å². The van der Waals surface area contributed by atoms with Gasteiger partial charge in [0.1, 0.15) is 5.82 Å². The quantitative estimate of drug-likeness (QED) is 0.834. The summed E-state index contributed by atoms with van der Waals surface area (Å²) < 4.78 is 5.58. The van der Waals surface area contributed by atoms with Crippen LogP contribution < -0.4 is 5.73 Å². The lowest BCUT2D eigenvalue weighted by molar-refractivity contribution is 0.1000. The van der Waals surface area contributed by atoms with Crippen molar-refractivity contribution in [2.24, 2.45) is 5.73 Å². The van der Waals surface area contributed by atoms with Gasteiger partial charge in [-0.05, 0) is 37.0 Å². The van der Waals surface area contributed by atoms with Gasteiger partial charge in [-0.3, -0.25) is 14.8 Å². The minimum absolute atomic E-state index is 0.167. The Hall–Kier alpha value is -2.25. The van der Waals surface area contributed by atoms with E-state index in [-0.39, 0.29) is 12.1 Å². The number of benzene rings is 1. The van der Waals surface area contributed by atoms with E-state index >= 15 is 0 Å². The van der Waals surface area contributed by atoms with E-state index in [2.05, 4.69) is 15.1 Å². The van der Waals surface area contributed by atoms with Crippen LogP contribution in [-0.2, 0) is 11.3 Å². The van der Waals surface area contributed by atoms with E-state index in [0.29, 0.717) is 11.5 Å². The number of nitrogens with one attached hydrogen (secondary N) is 1. The Morgan fingerprint density at radius 1 is 1.36 bits per heavy atom. The van der Waals surface area contributed by atoms with Crippen LogP contribution in [0.4, 0.5) is 0 Å². The van der Waals surface area contributed by atoms with Crippen LogP contribution in [0.5, 0.6) is 0 Å². The van der Waals surface area contributed by atoms with Gasteiger partial charge in [-0.25, -0.2) is 4.98 Å². The lowest BCUT2D eigenvalue weighted by Crippen LogP contribution is -2.25. The van der Waals surface area contributed by atoms with Gasteiger partial charge in [0.2, 0.25) is 5.91 Å². The smallest absolute Gasteiger partial charge is 0.248 e. The maximum absolute atomic E-state index is 11.2. The molecule has 2 fully saturated rings. The molecule has 1 saturated carbocycles. The second-order valence-corrected chi connectivity index (χ2v) is 6.95. The molecule has 1 amide bonds. The topological polar surface area (TPSA) is 97.1 Å². The monoisotopic (exact) mass is 341 g/mol. The zero-order valence-electron chi connectivity index (χ0n) is 14.3. The van der Waals surface area contributed by atoms with Gasteiger partial charge in [0.15, 0.2) is 5.82 Å². The number of H-pyrrole nitrogens is 1. The number of ether oxygens (including phenoxy) is 1. The van der Waals surface area contributed by atoms with Gasteiger partial charge in [-0.1, -0.05) is 12.1 Å². The second-order valence-electron chi connectivity index (χ2n) is 6.95. The summed E-state index contributed by atoms with van der Waals surface area (Å²) >= 11 is 0. The number of rotatable bonds is 6. The number of carbonyl (C=O) groups excluding carboxylic acids is 1. The van der Waals surface area contributed by atoms with Gasteiger partial charge in [-0.15, -0.1) is 0 Å². The van der Waals surface area contributed by atoms with E-state index in [1.165, 1.54) is 12.8 Å². The first-order valence-electron chi connectivity index (χ1n) is 8.72. The zero-order chi connectivity index (χ0) is 17.4. The van der Waals surface area contributed by atoms with Crippen LogP contribution in [0.25, 0.3) is 0 Å². The fourth-order valence-corrected chi connectivity index (χ4v) is 3.46. The number of aromatic amines is 1. The molecule has 1 aliphatic heterocycles. The van der Waals surface area contributed by atoms with E-state index < -0.39 is 5.91 Å². The van der Waals surface area contributed by atoms with E-state index in [0.717, 1.165) is 36.7 Å². The number of nitrogens with two attached hydrogens (primary N) is 1. The molecular weight excluding hydrogens is 318 g/mol. The average Bonchev–Trinajstić information content (AvgIpc) is 3.21. The Morgan fingerprint density at radius 2 is 2.12 bits per heavy atom. The first kappa shape index (κ1) is 16.2. The number of hydrogen-bond donors (Lipinski definition) is 2. The Balaban J connectivity index is 1.51. The molecule has 1 aromatic carbocycles. The number of nitrogens with zero attached hydrogens (tertiary/aromatic N) is 3. The maximum Gasteiger partial charge on any atom is 0.248 e. The van der Waals surface area contributed by atoms with E-state index in [9.17, 15) is 4.79 Å². The molecule has 4 rings (SSSR count). The van der Waals surface area contributed by atoms with Crippen LogP contribution >= 0.6 is 0 Å². The summed E-state index contributed by atoms with van der Waals surface area (Å²) in [6, 6.07) is 7.62. The van der Waals surface area contributed by atoms with Crippen molar-refractivity contribution < 1.29 is 9.53 Å². The molecule has 2 heterocycles. The Bertz CT molecular complexity index is 753. The zero-order valence-corrected chi connectivity index (χ0v) is 14.3. The summed E-state index contributed by atoms with van der Waals surface area (Å²) in [7, 11) is 1.75. The molecule has 7 heteroatoms. The Labute approximate surface area is 146 Å². The molecule has 0 spiro atoms. The van der Waals surface area contributed by atoms with Gasteiger partial charge in [-0.2, -0.15) is 5.10 Å². The van der Waals surface area contributed by atoms with Gasteiger partial charge < -0.3 is 10.5 Å². The molecule has 25 heavy (non-hydrogen) atoms. The highest BCUT2D eigenvalue weighted by Gasteiger charge is 2.36. The SMILES string of the molecule is CO[C@@H]1C[C@@H](c2nc(C3CC3)n[nH]2)N(Cc2ccc(C(N)=O)cc2)C1. The molecular formula is C18H23N5O2. The third kappa shape index (κ3) is 3.43. The molecule has 1 aliphatic carbocycles. The number of likely N-dealkylation sites (tertiary alicyclic amines) is 1. The van der Waals surface area contributed by atoms with Crippen LogP contribution in [0.1, 0.15) is 58.8 Å². The summed E-state index contributed by atoms with van der Waals surface area (Å²) in [5.74, 6) is 2.01. The largest absolute Gasteiger partial charge is 0.380 e. The first-order chi connectivity index (χ1) is 12.1. The normalized spacial score (nSPS) is 23.9. The van der Waals surface area contributed by atoms with Gasteiger partial charge >= 0.3 is 0 Å². The highest BCUT2D eigenvalue weighted by molar-refractivity contribution is 5.92. The molecule has 2 atom stereocenters. The number of primary amides is 1. The molecule has 7 nitrogen and oxygen atoms in total. The van der Waals surface area contributed by atoms with Crippen LogP contribution in [0.15, 0.2) is 24.3 Å². The molecule has 132 valence electrons. The molecule has 2 aliphatic rings. The number of carbonyl (C=O) groups is 1. The predicted molar refractivity (Wildman–Crippen MR) is 91.9 cm³/mol. The van der Waals surface area contributed by atoms with E-state index in [1.807, 2.05) is 12.1 Å². The summed E-state index contributed by atoms with van der Waals surface area (Å²) in [5.41, 5.74) is 6.97. The van der Waals surface area contributed by atoms with Crippen LogP contribution in [0, 0.1) is 0 Å². The van der Waals surface area contributed by atoms with Gasteiger partial charge in [0.05, 0.1) is 12.1 Å². The van der Waals surface area contributed by atoms with Crippen molar-refractivity contribution in [2.45, 2.75) is 43.9 Å². The molecule has 1 saturated heterocycles. The molecule has 1 aromatic heterocycles. The molecule has 0 radical (unpaired) electrons. The van der Waals surface area contributed by atoms with Crippen molar-refractivity contribution in [1.29, 1.82) is 0 Å². The fourth-order valence-electron chi connectivity index (χ4n) is 3.46. The van der Waals surface area contributed by atoms with E-state index in [1.54, 1.807) is 19.2 Å². The predicted octanol–water partition coefficient (Wildman–Crippen LogP) is 1.74. The van der Waals surface area contributed by atoms with Crippen molar-refractivity contribution in [1.82, 2.24) is 20.1 Å². The van der Waals surface area contributed by atoms with Crippen molar-refractivity contribution >= 4 is 5.91 Å². The minimum Gasteiger partial charge on any atom is -0.380 e. The third-order valence-electron chi connectivity index (χ3n) is 5.10. The highest BCUT2D eigenvalue weighted by atomic mass is 16.5. The summed E-state index contributed by atoms with van der Waals surface area (Å²) in [6.45, 7) is 1.61. The van der Waals surface area contributed by atoms with Crippen LogP contribution in [0.2, 0.25) is 0 Å². The lowest BCUT2D eigenvalue weighted by Gasteiger charge is -2.22. The Morgan fingerprint density at radius 3 is 2.76 bits per heavy atom. The molecule has 0 bridgehead atoms. The summed E-state index contributed by atoms with van der Waals surface area (Å²) in [6.07, 6.45) is 3.47. The number of aromatic nitrogens is 3. The van der Waals surface area contributed by atoms with Crippen molar-refractivity contribution in [3.8, 4) is 0 Å². The minimum atomic E-state index is -0.403. The van der Waals surface area contributed by atoms with Crippen molar-refractivity contribution in [2.75, 3.05) is 13.7 Å². The first-order valence-corrected chi connectivity index (χ1v) is 8.72. The van der Waals surface area contributed by atoms with Crippen LogP contribution in [0.3, 0.4) is 0 Å². The average molecular weight is 341 g/mol. The fraction of sp³-hybridized carbons (Fsp3) is 0.500. The maximum atomic E-state index is 11.2. The molecule has 0 unspecified atom stereocenters. The number of hydrogen-bond acceptors (Lipinski definition) is 5. The van der Waals surface area contributed by atoms with Gasteiger partial charge in [0.25, 0.3) is 0 Å². The van der Waals surface area contributed by atoms with Crippen LogP contribution in [-0.4, -0.2) is 45.7 Å². The standard InChI is InChI=1S/C18H23N5O2/c1-25-14-8-15(18-20-17(21-22-18)13-6-7-13)23(10-14)9-11-2-4-12(5-3-11)16(19)24/h2-5,13-15H,6-10H2,1H3,(H2,19,24)(H,20,21,22)/t14-,15+/m1/s1. The highest BCUT2D eigenvalue weighted by Crippen LogP contribution is 2.39. The Kier molecular flexibility index (Phi) is 4.27. The lowest BCUT2D eigenvalue weighted by atomic mass is 10.1. The summed E-state index contributed by atoms with van der Waals surface area (Å²) in [5, 5.41) is 7.53. The van der Waals surface area contributed by atoms with Crippen molar-refractivity contribution in [3.63, 3.8) is 0 Å². The summed E-state index contributed by atoms with van der Waals surface area (Å²) in [4.78, 5) is 18.3. The van der Waals surface area contributed by atoms with E-state index in [4.69, 9.17) is 15.5 Å². The number of amides is 1. The number of methoxy groups -OCH3 is 1. The third-order valence-corrected chi connectivity index (χ3v) is 5.10. The van der Waals surface area contributed by atoms with Gasteiger partial charge in [0, 0.05) is 31.7 Å². The molecule has 3 N–H and O–H groups in total. The second kappa shape index (κ2) is 6.57. The molecule has 2 aromatic rings.